The third-order valence-electron chi connectivity index (χ3n) is 5.21. The third kappa shape index (κ3) is 7.61. The van der Waals surface area contributed by atoms with E-state index in [9.17, 15) is 18.0 Å². The average molecular weight is 529 g/mol. The summed E-state index contributed by atoms with van der Waals surface area (Å²) in [7, 11) is -3.82. The first-order chi connectivity index (χ1) is 15.8. The first kappa shape index (κ1) is 28.0. The molecular formula is C24H31Cl2N3O4S. The maximum absolute atomic E-state index is 13.6. The molecule has 186 valence electrons. The molecule has 1 atom stereocenters. The predicted molar refractivity (Wildman–Crippen MR) is 138 cm³/mol. The third-order valence-corrected chi connectivity index (χ3v) is 7.01. The Kier molecular flexibility index (Phi) is 9.79. The number of hydrogen-bond acceptors (Lipinski definition) is 4. The van der Waals surface area contributed by atoms with Crippen molar-refractivity contribution in [3.63, 3.8) is 0 Å². The van der Waals surface area contributed by atoms with Gasteiger partial charge < -0.3 is 10.2 Å². The number of anilines is 1. The second kappa shape index (κ2) is 11.9. The molecule has 2 amide bonds. The van der Waals surface area contributed by atoms with Crippen LogP contribution in [0.3, 0.4) is 0 Å². The fraction of sp³-hybridized carbons (Fsp3) is 0.417. The molecule has 0 radical (unpaired) electrons. The van der Waals surface area contributed by atoms with E-state index in [1.807, 2.05) is 13.8 Å². The summed E-state index contributed by atoms with van der Waals surface area (Å²) in [6.07, 6.45) is 1.38. The number of amides is 2. The number of carbonyl (C=O) groups is 2. The lowest BCUT2D eigenvalue weighted by Crippen LogP contribution is -2.53. The van der Waals surface area contributed by atoms with E-state index in [-0.39, 0.29) is 24.2 Å². The Morgan fingerprint density at radius 1 is 1.06 bits per heavy atom. The Balaban J connectivity index is 2.45. The number of benzene rings is 2. The highest BCUT2D eigenvalue weighted by atomic mass is 35.5. The number of carbonyl (C=O) groups excluding carboxylic acids is 2. The fourth-order valence-corrected chi connectivity index (χ4v) is 4.58. The highest BCUT2D eigenvalue weighted by Gasteiger charge is 2.32. The van der Waals surface area contributed by atoms with Crippen molar-refractivity contribution in [1.82, 2.24) is 10.2 Å². The second-order valence-corrected chi connectivity index (χ2v) is 11.2. The van der Waals surface area contributed by atoms with Gasteiger partial charge in [-0.25, -0.2) is 8.42 Å². The standard InChI is InChI=1S/C24H31Cl2N3O4S/c1-6-22(24(31)27-16(2)3)28(14-18-8-10-19(25)11-9-18)23(30)15-29(34(5,32)33)20-12-7-17(4)21(26)13-20/h7-13,16,22H,6,14-15H2,1-5H3,(H,27,31)/t22-/m1/s1. The summed E-state index contributed by atoms with van der Waals surface area (Å²) in [4.78, 5) is 27.9. The van der Waals surface area contributed by atoms with Gasteiger partial charge in [0.05, 0.1) is 11.9 Å². The number of aryl methyl sites for hydroxylation is 1. The summed E-state index contributed by atoms with van der Waals surface area (Å²) in [5.41, 5.74) is 1.82. The summed E-state index contributed by atoms with van der Waals surface area (Å²) >= 11 is 12.2. The minimum Gasteiger partial charge on any atom is -0.352 e. The Labute approximate surface area is 212 Å². The molecule has 0 heterocycles. The van der Waals surface area contributed by atoms with Crippen LogP contribution in [0.25, 0.3) is 0 Å². The number of halogens is 2. The SMILES string of the molecule is CC[C@H](C(=O)NC(C)C)N(Cc1ccc(Cl)cc1)C(=O)CN(c1ccc(C)c(Cl)c1)S(C)(=O)=O. The lowest BCUT2D eigenvalue weighted by molar-refractivity contribution is -0.140. The van der Waals surface area contributed by atoms with Crippen LogP contribution >= 0.6 is 23.2 Å². The molecule has 0 unspecified atom stereocenters. The van der Waals surface area contributed by atoms with Gasteiger partial charge >= 0.3 is 0 Å². The topological polar surface area (TPSA) is 86.8 Å². The minimum absolute atomic E-state index is 0.115. The molecule has 2 aromatic rings. The maximum atomic E-state index is 13.6. The van der Waals surface area contributed by atoms with Crippen LogP contribution in [0.4, 0.5) is 5.69 Å². The van der Waals surface area contributed by atoms with Crippen molar-refractivity contribution >= 4 is 50.7 Å². The first-order valence-corrected chi connectivity index (χ1v) is 13.5. The van der Waals surface area contributed by atoms with Gasteiger partial charge in [0.15, 0.2) is 0 Å². The molecule has 0 saturated heterocycles. The van der Waals surface area contributed by atoms with Gasteiger partial charge in [-0.3, -0.25) is 13.9 Å². The molecular weight excluding hydrogens is 497 g/mol. The number of hydrogen-bond donors (Lipinski definition) is 1. The van der Waals surface area contributed by atoms with Crippen LogP contribution < -0.4 is 9.62 Å². The molecule has 2 rings (SSSR count). The first-order valence-electron chi connectivity index (χ1n) is 10.9. The van der Waals surface area contributed by atoms with Gasteiger partial charge in [-0.05, 0) is 62.6 Å². The second-order valence-electron chi connectivity index (χ2n) is 8.44. The summed E-state index contributed by atoms with van der Waals surface area (Å²) in [6.45, 7) is 6.92. The average Bonchev–Trinajstić information content (AvgIpc) is 2.74. The molecule has 0 bridgehead atoms. The molecule has 0 fully saturated rings. The van der Waals surface area contributed by atoms with E-state index in [4.69, 9.17) is 23.2 Å². The van der Waals surface area contributed by atoms with Crippen molar-refractivity contribution in [2.75, 3.05) is 17.1 Å². The lowest BCUT2D eigenvalue weighted by Gasteiger charge is -2.33. The molecule has 2 aromatic carbocycles. The van der Waals surface area contributed by atoms with E-state index in [1.165, 1.54) is 11.0 Å². The van der Waals surface area contributed by atoms with Crippen LogP contribution in [0.5, 0.6) is 0 Å². The highest BCUT2D eigenvalue weighted by Crippen LogP contribution is 2.25. The summed E-state index contributed by atoms with van der Waals surface area (Å²) < 4.78 is 26.2. The molecule has 7 nitrogen and oxygen atoms in total. The lowest BCUT2D eigenvalue weighted by atomic mass is 10.1. The monoisotopic (exact) mass is 527 g/mol. The van der Waals surface area contributed by atoms with Gasteiger partial charge in [0.2, 0.25) is 21.8 Å². The van der Waals surface area contributed by atoms with Crippen molar-refractivity contribution in [3.8, 4) is 0 Å². The normalized spacial score (nSPS) is 12.4. The zero-order valence-electron chi connectivity index (χ0n) is 20.0. The van der Waals surface area contributed by atoms with E-state index in [1.54, 1.807) is 50.2 Å². The molecule has 0 aliphatic carbocycles. The van der Waals surface area contributed by atoms with E-state index < -0.39 is 28.5 Å². The predicted octanol–water partition coefficient (Wildman–Crippen LogP) is 4.40. The molecule has 0 spiro atoms. The van der Waals surface area contributed by atoms with Crippen LogP contribution in [0.1, 0.15) is 38.3 Å². The van der Waals surface area contributed by atoms with Gasteiger partial charge in [-0.2, -0.15) is 0 Å². The zero-order chi connectivity index (χ0) is 25.6. The van der Waals surface area contributed by atoms with Crippen molar-refractivity contribution < 1.29 is 18.0 Å². The van der Waals surface area contributed by atoms with Crippen LogP contribution in [-0.4, -0.2) is 50.0 Å². The van der Waals surface area contributed by atoms with E-state index >= 15 is 0 Å². The summed E-state index contributed by atoms with van der Waals surface area (Å²) in [5.74, 6) is -0.813. The van der Waals surface area contributed by atoms with Gasteiger partial charge in [0, 0.05) is 22.6 Å². The van der Waals surface area contributed by atoms with Crippen LogP contribution in [0.15, 0.2) is 42.5 Å². The Morgan fingerprint density at radius 3 is 2.18 bits per heavy atom. The smallest absolute Gasteiger partial charge is 0.244 e. The quantitative estimate of drug-likeness (QED) is 0.495. The number of rotatable bonds is 10. The fourth-order valence-electron chi connectivity index (χ4n) is 3.44. The van der Waals surface area contributed by atoms with Crippen molar-refractivity contribution in [3.05, 3.63) is 63.6 Å². The molecule has 1 N–H and O–H groups in total. The van der Waals surface area contributed by atoms with Gasteiger partial charge in [-0.15, -0.1) is 0 Å². The maximum Gasteiger partial charge on any atom is 0.244 e. The van der Waals surface area contributed by atoms with Crippen molar-refractivity contribution in [2.24, 2.45) is 0 Å². The number of nitrogens with zero attached hydrogens (tertiary/aromatic N) is 2. The largest absolute Gasteiger partial charge is 0.352 e. The molecule has 10 heteroatoms. The summed E-state index contributed by atoms with van der Waals surface area (Å²) in [5, 5.41) is 3.78. The zero-order valence-corrected chi connectivity index (χ0v) is 22.3. The Hall–Kier alpha value is -2.29. The molecule has 0 aromatic heterocycles. The molecule has 0 saturated carbocycles. The van der Waals surface area contributed by atoms with Crippen LogP contribution in [0.2, 0.25) is 10.0 Å². The molecule has 0 aliphatic rings. The van der Waals surface area contributed by atoms with E-state index in [2.05, 4.69) is 5.32 Å². The Bertz CT molecular complexity index is 1120. The molecule has 34 heavy (non-hydrogen) atoms. The summed E-state index contributed by atoms with van der Waals surface area (Å²) in [6, 6.07) is 10.8. The van der Waals surface area contributed by atoms with Crippen molar-refractivity contribution in [1.29, 1.82) is 0 Å². The Morgan fingerprint density at radius 2 is 1.68 bits per heavy atom. The van der Waals surface area contributed by atoms with Gasteiger partial charge in [0.1, 0.15) is 12.6 Å². The van der Waals surface area contributed by atoms with E-state index in [0.717, 1.165) is 21.7 Å². The van der Waals surface area contributed by atoms with Gasteiger partial charge in [-0.1, -0.05) is 48.3 Å². The highest BCUT2D eigenvalue weighted by molar-refractivity contribution is 7.92. The minimum atomic E-state index is -3.82. The van der Waals surface area contributed by atoms with E-state index in [0.29, 0.717) is 16.5 Å². The van der Waals surface area contributed by atoms with Crippen LogP contribution in [-0.2, 0) is 26.2 Å². The molecule has 0 aliphatic heterocycles. The van der Waals surface area contributed by atoms with Crippen molar-refractivity contribution in [2.45, 2.75) is 52.7 Å². The number of sulfonamides is 1. The van der Waals surface area contributed by atoms with Gasteiger partial charge in [0.25, 0.3) is 0 Å². The number of nitrogens with one attached hydrogen (secondary N) is 1. The van der Waals surface area contributed by atoms with Crippen LogP contribution in [0, 0.1) is 6.92 Å².